The van der Waals surface area contributed by atoms with Gasteiger partial charge in [-0.2, -0.15) is 0 Å². The predicted molar refractivity (Wildman–Crippen MR) is 101 cm³/mol. The molecule has 6 nitrogen and oxygen atoms in total. The van der Waals surface area contributed by atoms with Crippen LogP contribution in [0.15, 0.2) is 24.3 Å². The van der Waals surface area contributed by atoms with Crippen LogP contribution in [0.5, 0.6) is 0 Å². The summed E-state index contributed by atoms with van der Waals surface area (Å²) in [5.74, 6) is -2.29. The number of rotatable bonds is 4. The third-order valence-corrected chi connectivity index (χ3v) is 5.40. The first kappa shape index (κ1) is 19.2. The summed E-state index contributed by atoms with van der Waals surface area (Å²) in [5.41, 5.74) is 5.84. The summed E-state index contributed by atoms with van der Waals surface area (Å²) in [6, 6.07) is 4.19. The molecule has 3 rings (SSSR count). The molecule has 1 aliphatic rings. The second kappa shape index (κ2) is 8.45. The van der Waals surface area contributed by atoms with Crippen LogP contribution in [-0.4, -0.2) is 31.1 Å². The van der Waals surface area contributed by atoms with E-state index in [4.69, 9.17) is 5.73 Å². The summed E-state index contributed by atoms with van der Waals surface area (Å²) < 4.78 is 26.7. The minimum Gasteiger partial charge on any atom is -0.351 e. The molecule has 0 unspecified atom stereocenters. The van der Waals surface area contributed by atoms with E-state index >= 15 is 0 Å². The standard InChI is InChI=1S/C18H20F2N4O2S/c19-13-5-4-10(7-14(13)20)15-8-12(17(27-15)24-18(21)26)16(25)23-11-3-1-2-6-22-9-11/h4-5,7-8,11,22H,1-3,6,9H2,(H,23,25)(H3,21,24,26)/t11-/m0/s1. The van der Waals surface area contributed by atoms with E-state index in [1.165, 1.54) is 6.07 Å². The third kappa shape index (κ3) is 4.81. The SMILES string of the molecule is NC(=O)Nc1sc(-c2ccc(F)c(F)c2)cc1C(=O)N[C@H]1CCCCNC1. The molecule has 1 aromatic carbocycles. The van der Waals surface area contributed by atoms with Crippen molar-refractivity contribution in [3.63, 3.8) is 0 Å². The quantitative estimate of drug-likeness (QED) is 0.642. The summed E-state index contributed by atoms with van der Waals surface area (Å²) >= 11 is 1.07. The number of thiophene rings is 1. The van der Waals surface area contributed by atoms with Gasteiger partial charge < -0.3 is 16.4 Å². The van der Waals surface area contributed by atoms with E-state index in [1.54, 1.807) is 6.07 Å². The number of anilines is 1. The molecule has 9 heteroatoms. The zero-order valence-corrected chi connectivity index (χ0v) is 15.3. The van der Waals surface area contributed by atoms with Gasteiger partial charge in [-0.1, -0.05) is 12.5 Å². The molecule has 1 fully saturated rings. The number of halogens is 2. The zero-order valence-electron chi connectivity index (χ0n) is 14.5. The lowest BCUT2D eigenvalue weighted by Crippen LogP contribution is -2.41. The Labute approximate surface area is 159 Å². The van der Waals surface area contributed by atoms with Crippen molar-refractivity contribution in [2.75, 3.05) is 18.4 Å². The van der Waals surface area contributed by atoms with Crippen LogP contribution < -0.4 is 21.7 Å². The summed E-state index contributed by atoms with van der Waals surface area (Å²) in [7, 11) is 0. The van der Waals surface area contributed by atoms with Gasteiger partial charge in [-0.15, -0.1) is 11.3 Å². The minimum absolute atomic E-state index is 0.0203. The van der Waals surface area contributed by atoms with Crippen LogP contribution >= 0.6 is 11.3 Å². The van der Waals surface area contributed by atoms with Gasteiger partial charge in [-0.3, -0.25) is 10.1 Å². The van der Waals surface area contributed by atoms with E-state index < -0.39 is 17.7 Å². The van der Waals surface area contributed by atoms with Crippen LogP contribution in [-0.2, 0) is 0 Å². The monoisotopic (exact) mass is 394 g/mol. The van der Waals surface area contributed by atoms with Gasteiger partial charge in [0.15, 0.2) is 11.6 Å². The van der Waals surface area contributed by atoms with E-state index in [9.17, 15) is 18.4 Å². The van der Waals surface area contributed by atoms with Gasteiger partial charge in [0, 0.05) is 17.5 Å². The molecule has 0 radical (unpaired) electrons. The number of carbonyl (C=O) groups is 2. The van der Waals surface area contributed by atoms with E-state index in [2.05, 4.69) is 16.0 Å². The van der Waals surface area contributed by atoms with Gasteiger partial charge in [0.25, 0.3) is 5.91 Å². The lowest BCUT2D eigenvalue weighted by molar-refractivity contribution is 0.0937. The maximum Gasteiger partial charge on any atom is 0.317 e. The molecule has 1 atom stereocenters. The van der Waals surface area contributed by atoms with Crippen molar-refractivity contribution < 1.29 is 18.4 Å². The Hall–Kier alpha value is -2.52. The number of hydrogen-bond donors (Lipinski definition) is 4. The van der Waals surface area contributed by atoms with Crippen molar-refractivity contribution in [3.05, 3.63) is 41.5 Å². The summed E-state index contributed by atoms with van der Waals surface area (Å²) in [6.07, 6.45) is 2.92. The molecule has 3 amide bonds. The normalized spacial score (nSPS) is 17.2. The lowest BCUT2D eigenvalue weighted by Gasteiger charge is -2.16. The molecule has 144 valence electrons. The zero-order chi connectivity index (χ0) is 19.4. The van der Waals surface area contributed by atoms with Gasteiger partial charge in [-0.05, 0) is 43.1 Å². The Morgan fingerprint density at radius 1 is 1.19 bits per heavy atom. The predicted octanol–water partition coefficient (Wildman–Crippen LogP) is 3.06. The second-order valence-corrected chi connectivity index (χ2v) is 7.39. The van der Waals surface area contributed by atoms with Crippen molar-refractivity contribution in [1.82, 2.24) is 10.6 Å². The Balaban J connectivity index is 1.87. The molecule has 0 bridgehead atoms. The third-order valence-electron chi connectivity index (χ3n) is 4.30. The molecule has 1 aromatic heterocycles. The molecule has 0 spiro atoms. The van der Waals surface area contributed by atoms with Crippen LogP contribution in [0.2, 0.25) is 0 Å². The number of nitrogens with two attached hydrogens (primary N) is 1. The van der Waals surface area contributed by atoms with Crippen LogP contribution in [0.4, 0.5) is 18.6 Å². The summed E-state index contributed by atoms with van der Waals surface area (Å²) in [5, 5.41) is 8.92. The van der Waals surface area contributed by atoms with Gasteiger partial charge in [0.05, 0.1) is 5.56 Å². The van der Waals surface area contributed by atoms with Gasteiger partial charge in [0.2, 0.25) is 0 Å². The van der Waals surface area contributed by atoms with Crippen LogP contribution in [0, 0.1) is 11.6 Å². The molecule has 27 heavy (non-hydrogen) atoms. The van der Waals surface area contributed by atoms with Gasteiger partial charge in [0.1, 0.15) is 5.00 Å². The van der Waals surface area contributed by atoms with Gasteiger partial charge in [-0.25, -0.2) is 13.6 Å². The highest BCUT2D eigenvalue weighted by Crippen LogP contribution is 2.36. The fourth-order valence-electron chi connectivity index (χ4n) is 2.96. The number of hydrogen-bond acceptors (Lipinski definition) is 4. The average Bonchev–Trinajstić information content (AvgIpc) is 2.85. The maximum atomic E-state index is 13.5. The Bertz CT molecular complexity index is 848. The highest BCUT2D eigenvalue weighted by molar-refractivity contribution is 7.20. The van der Waals surface area contributed by atoms with Crippen molar-refractivity contribution >= 4 is 28.3 Å². The molecule has 0 aliphatic carbocycles. The van der Waals surface area contributed by atoms with Crippen LogP contribution in [0.25, 0.3) is 10.4 Å². The first-order valence-electron chi connectivity index (χ1n) is 8.61. The summed E-state index contributed by atoms with van der Waals surface area (Å²) in [4.78, 5) is 24.5. The minimum atomic E-state index is -0.985. The second-order valence-electron chi connectivity index (χ2n) is 6.34. The molecule has 0 saturated carbocycles. The van der Waals surface area contributed by atoms with Gasteiger partial charge >= 0.3 is 6.03 Å². The molecule has 2 aromatic rings. The van der Waals surface area contributed by atoms with E-state index in [0.717, 1.165) is 49.3 Å². The fraction of sp³-hybridized carbons (Fsp3) is 0.333. The highest BCUT2D eigenvalue weighted by Gasteiger charge is 2.22. The van der Waals surface area contributed by atoms with E-state index in [0.29, 0.717) is 17.0 Å². The Kier molecular flexibility index (Phi) is 6.02. The van der Waals surface area contributed by atoms with Crippen molar-refractivity contribution in [3.8, 4) is 10.4 Å². The van der Waals surface area contributed by atoms with Crippen LogP contribution in [0.1, 0.15) is 29.6 Å². The lowest BCUT2D eigenvalue weighted by atomic mass is 10.1. The molecule has 1 saturated heterocycles. The number of urea groups is 1. The first-order chi connectivity index (χ1) is 12.9. The number of nitrogens with one attached hydrogen (secondary N) is 3. The molecular weight excluding hydrogens is 374 g/mol. The number of benzene rings is 1. The van der Waals surface area contributed by atoms with Crippen LogP contribution in [0.3, 0.4) is 0 Å². The Morgan fingerprint density at radius 2 is 2.00 bits per heavy atom. The number of primary amides is 1. The topological polar surface area (TPSA) is 96.2 Å². The molecule has 1 aliphatic heterocycles. The maximum absolute atomic E-state index is 13.5. The molecule has 5 N–H and O–H groups in total. The van der Waals surface area contributed by atoms with Crippen molar-refractivity contribution in [1.29, 1.82) is 0 Å². The average molecular weight is 394 g/mol. The van der Waals surface area contributed by atoms with E-state index in [1.807, 2.05) is 0 Å². The number of amides is 3. The van der Waals surface area contributed by atoms with E-state index in [-0.39, 0.29) is 22.5 Å². The largest absolute Gasteiger partial charge is 0.351 e. The smallest absolute Gasteiger partial charge is 0.317 e. The van der Waals surface area contributed by atoms with Crippen molar-refractivity contribution in [2.45, 2.75) is 25.3 Å². The fourth-order valence-corrected chi connectivity index (χ4v) is 4.02. The Morgan fingerprint density at radius 3 is 2.74 bits per heavy atom. The highest BCUT2D eigenvalue weighted by atomic mass is 32.1. The first-order valence-corrected chi connectivity index (χ1v) is 9.43. The summed E-state index contributed by atoms with van der Waals surface area (Å²) in [6.45, 7) is 1.59. The number of carbonyl (C=O) groups excluding carboxylic acids is 2. The van der Waals surface area contributed by atoms with Crippen molar-refractivity contribution in [2.24, 2.45) is 5.73 Å². The molecule has 2 heterocycles. The molecular formula is C18H20F2N4O2S.